The zero-order chi connectivity index (χ0) is 13.2. The van der Waals surface area contributed by atoms with E-state index in [1.54, 1.807) is 6.21 Å². The zero-order valence-electron chi connectivity index (χ0n) is 10.4. The summed E-state index contributed by atoms with van der Waals surface area (Å²) in [7, 11) is 0. The minimum atomic E-state index is -0.288. The van der Waals surface area contributed by atoms with E-state index in [9.17, 15) is 4.79 Å². The van der Waals surface area contributed by atoms with Crippen LogP contribution in [0.5, 0.6) is 0 Å². The molecule has 3 N–H and O–H groups in total. The Morgan fingerprint density at radius 1 is 1.53 bits per heavy atom. The van der Waals surface area contributed by atoms with Gasteiger partial charge in [-0.05, 0) is 19.3 Å². The number of hydrogen-bond acceptors (Lipinski definition) is 4. The maximum absolute atomic E-state index is 11.8. The third-order valence-electron chi connectivity index (χ3n) is 3.37. The topological polar surface area (TPSA) is 89.7 Å². The van der Waals surface area contributed by atoms with E-state index in [0.717, 1.165) is 18.4 Å². The summed E-state index contributed by atoms with van der Waals surface area (Å²) >= 11 is 0. The van der Waals surface area contributed by atoms with E-state index in [-0.39, 0.29) is 11.9 Å². The van der Waals surface area contributed by atoms with E-state index in [4.69, 9.17) is 5.41 Å². The third-order valence-corrected chi connectivity index (χ3v) is 3.37. The summed E-state index contributed by atoms with van der Waals surface area (Å²) in [6.07, 6.45) is 9.48. The lowest BCUT2D eigenvalue weighted by Crippen LogP contribution is -2.38. The molecule has 3 aliphatic rings. The van der Waals surface area contributed by atoms with Gasteiger partial charge in [-0.3, -0.25) is 15.5 Å². The molecule has 19 heavy (non-hydrogen) atoms. The Balaban J connectivity index is 1.74. The maximum Gasteiger partial charge on any atom is 0.262 e. The molecule has 2 aliphatic heterocycles. The van der Waals surface area contributed by atoms with Crippen LogP contribution < -0.4 is 10.6 Å². The lowest BCUT2D eigenvalue weighted by Gasteiger charge is -2.18. The summed E-state index contributed by atoms with van der Waals surface area (Å²) in [5.41, 5.74) is 1.33. The number of rotatable bonds is 3. The Morgan fingerprint density at radius 3 is 3.21 bits per heavy atom. The first-order valence-corrected chi connectivity index (χ1v) is 6.40. The summed E-state index contributed by atoms with van der Waals surface area (Å²) in [4.78, 5) is 19.8. The van der Waals surface area contributed by atoms with E-state index in [2.05, 4.69) is 32.8 Å². The van der Waals surface area contributed by atoms with E-state index < -0.39 is 0 Å². The van der Waals surface area contributed by atoms with Crippen LogP contribution in [0.2, 0.25) is 0 Å². The van der Waals surface area contributed by atoms with Crippen LogP contribution in [0.25, 0.3) is 0 Å². The number of amidine groups is 1. The highest BCUT2D eigenvalue weighted by Gasteiger charge is 2.29. The summed E-state index contributed by atoms with van der Waals surface area (Å²) in [6, 6.07) is 0.362. The Hall–Kier alpha value is -2.08. The molecule has 98 valence electrons. The molecule has 0 bridgehead atoms. The number of hydrogen-bond donors (Lipinski definition) is 3. The van der Waals surface area contributed by atoms with Gasteiger partial charge in [0.15, 0.2) is 5.84 Å². The van der Waals surface area contributed by atoms with Crippen molar-refractivity contribution in [3.63, 3.8) is 0 Å². The number of amides is 1. The molecule has 0 aromatic carbocycles. The van der Waals surface area contributed by atoms with Crippen LogP contribution in [-0.4, -0.2) is 36.5 Å². The Kier molecular flexibility index (Phi) is 3.08. The van der Waals surface area contributed by atoms with Gasteiger partial charge in [0.05, 0.1) is 5.57 Å². The molecule has 0 aromatic heterocycles. The van der Waals surface area contributed by atoms with Crippen molar-refractivity contribution in [1.82, 2.24) is 10.6 Å². The molecule has 6 heteroatoms. The predicted molar refractivity (Wildman–Crippen MR) is 73.6 cm³/mol. The molecule has 1 aliphatic carbocycles. The fourth-order valence-corrected chi connectivity index (χ4v) is 2.41. The molecule has 0 saturated carbocycles. The molecule has 1 atom stereocenters. The molecular formula is C13H15N5O. The number of fused-ring (bicyclic) bond motifs is 1. The van der Waals surface area contributed by atoms with E-state index in [0.29, 0.717) is 24.0 Å². The highest BCUT2D eigenvalue weighted by molar-refractivity contribution is 6.35. The molecule has 0 radical (unpaired) electrons. The van der Waals surface area contributed by atoms with Gasteiger partial charge in [-0.1, -0.05) is 12.2 Å². The molecule has 0 fully saturated rings. The van der Waals surface area contributed by atoms with Crippen molar-refractivity contribution < 1.29 is 4.79 Å². The van der Waals surface area contributed by atoms with Crippen LogP contribution in [0.15, 0.2) is 33.3 Å². The molecule has 3 rings (SSSR count). The Labute approximate surface area is 110 Å². The SMILES string of the molecule is N=C1N=C2N=CC(CNC3C=CCCC3)=C2C(=O)N1. The molecular weight excluding hydrogens is 242 g/mol. The second-order valence-electron chi connectivity index (χ2n) is 4.74. The lowest BCUT2D eigenvalue weighted by molar-refractivity contribution is -0.115. The van der Waals surface area contributed by atoms with Crippen molar-refractivity contribution in [3.05, 3.63) is 23.3 Å². The van der Waals surface area contributed by atoms with Gasteiger partial charge in [0.25, 0.3) is 5.91 Å². The second-order valence-corrected chi connectivity index (χ2v) is 4.74. The second kappa shape index (κ2) is 4.89. The van der Waals surface area contributed by atoms with E-state index in [1.807, 2.05) is 0 Å². The largest absolute Gasteiger partial charge is 0.306 e. The summed E-state index contributed by atoms with van der Waals surface area (Å²) in [5, 5.41) is 13.2. The van der Waals surface area contributed by atoms with Gasteiger partial charge in [-0.2, -0.15) is 4.99 Å². The fourth-order valence-electron chi connectivity index (χ4n) is 2.41. The first-order chi connectivity index (χ1) is 9.24. The zero-order valence-corrected chi connectivity index (χ0v) is 10.4. The van der Waals surface area contributed by atoms with Crippen LogP contribution in [0.3, 0.4) is 0 Å². The molecule has 0 saturated heterocycles. The Bertz CT molecular complexity index is 555. The standard InChI is InChI=1S/C13H15N5O/c14-13-17-11-10(12(19)18-13)8(7-16-11)6-15-9-4-2-1-3-5-9/h2,4,7,9,15H,1,3,5-6H2,(H2,14,18,19). The van der Waals surface area contributed by atoms with Gasteiger partial charge in [-0.25, -0.2) is 4.99 Å². The van der Waals surface area contributed by atoms with Crippen LogP contribution >= 0.6 is 0 Å². The van der Waals surface area contributed by atoms with Gasteiger partial charge in [-0.15, -0.1) is 0 Å². The molecule has 2 heterocycles. The minimum absolute atomic E-state index is 0.148. The molecule has 0 aromatic rings. The Morgan fingerprint density at radius 2 is 2.42 bits per heavy atom. The van der Waals surface area contributed by atoms with Crippen molar-refractivity contribution in [2.24, 2.45) is 9.98 Å². The number of guanidine groups is 1. The van der Waals surface area contributed by atoms with Crippen molar-refractivity contribution in [3.8, 4) is 0 Å². The number of nitrogens with one attached hydrogen (secondary N) is 3. The average molecular weight is 257 g/mol. The van der Waals surface area contributed by atoms with Crippen molar-refractivity contribution >= 4 is 23.9 Å². The normalized spacial score (nSPS) is 25.5. The summed E-state index contributed by atoms with van der Waals surface area (Å²) < 4.78 is 0. The van der Waals surface area contributed by atoms with Crippen LogP contribution in [-0.2, 0) is 4.79 Å². The smallest absolute Gasteiger partial charge is 0.262 e. The highest BCUT2D eigenvalue weighted by atomic mass is 16.2. The monoisotopic (exact) mass is 257 g/mol. The quantitative estimate of drug-likeness (QED) is 0.644. The molecule has 1 amide bonds. The van der Waals surface area contributed by atoms with Gasteiger partial charge in [0, 0.05) is 24.4 Å². The minimum Gasteiger partial charge on any atom is -0.306 e. The predicted octanol–water partition coefficient (Wildman–Crippen LogP) is 0.529. The van der Waals surface area contributed by atoms with Crippen LogP contribution in [0.1, 0.15) is 19.3 Å². The summed E-state index contributed by atoms with van der Waals surface area (Å²) in [6.45, 7) is 0.591. The third kappa shape index (κ3) is 2.39. The molecule has 1 unspecified atom stereocenters. The number of allylic oxidation sites excluding steroid dienone is 1. The van der Waals surface area contributed by atoms with Crippen molar-refractivity contribution in [1.29, 1.82) is 5.41 Å². The van der Waals surface area contributed by atoms with Crippen LogP contribution in [0.4, 0.5) is 0 Å². The highest BCUT2D eigenvalue weighted by Crippen LogP contribution is 2.17. The van der Waals surface area contributed by atoms with Gasteiger partial charge >= 0.3 is 0 Å². The number of nitrogens with zero attached hydrogens (tertiary/aromatic N) is 2. The van der Waals surface area contributed by atoms with E-state index in [1.165, 1.54) is 6.42 Å². The summed E-state index contributed by atoms with van der Waals surface area (Å²) in [5.74, 6) is -0.0847. The molecule has 6 nitrogen and oxygen atoms in total. The number of aliphatic imine (C=N–C) groups is 2. The number of carbonyl (C=O) groups excluding carboxylic acids is 1. The first kappa shape index (κ1) is 12.0. The fraction of sp³-hybridized carbons (Fsp3) is 0.385. The van der Waals surface area contributed by atoms with Gasteiger partial charge in [0.1, 0.15) is 0 Å². The van der Waals surface area contributed by atoms with Crippen LogP contribution in [0, 0.1) is 5.41 Å². The van der Waals surface area contributed by atoms with Crippen molar-refractivity contribution in [2.75, 3.05) is 6.54 Å². The average Bonchev–Trinajstić information content (AvgIpc) is 2.81. The van der Waals surface area contributed by atoms with Gasteiger partial charge in [0.2, 0.25) is 5.96 Å². The van der Waals surface area contributed by atoms with Gasteiger partial charge < -0.3 is 5.32 Å². The van der Waals surface area contributed by atoms with E-state index >= 15 is 0 Å². The number of carbonyl (C=O) groups is 1. The maximum atomic E-state index is 11.8. The first-order valence-electron chi connectivity index (χ1n) is 6.40. The lowest BCUT2D eigenvalue weighted by atomic mass is 10.0. The molecule has 0 spiro atoms. The van der Waals surface area contributed by atoms with Crippen molar-refractivity contribution in [2.45, 2.75) is 25.3 Å².